The van der Waals surface area contributed by atoms with E-state index in [1.165, 1.54) is 0 Å². The van der Waals surface area contributed by atoms with Crippen LogP contribution in [0.1, 0.15) is 47.8 Å². The van der Waals surface area contributed by atoms with Crippen LogP contribution in [0, 0.1) is 5.92 Å². The number of carboxylic acid groups (broad SMARTS) is 1. The molecule has 0 saturated heterocycles. The van der Waals surface area contributed by atoms with Crippen molar-refractivity contribution in [3.8, 4) is 0 Å². The Bertz CT molecular complexity index is 488. The molecule has 0 fully saturated rings. The molecular weight excluding hydrogens is 256 g/mol. The zero-order valence-electron chi connectivity index (χ0n) is 11.9. The summed E-state index contributed by atoms with van der Waals surface area (Å²) in [6.45, 7) is 2.87. The van der Waals surface area contributed by atoms with E-state index in [2.05, 4.69) is 10.3 Å². The third-order valence-corrected chi connectivity index (χ3v) is 3.76. The van der Waals surface area contributed by atoms with Gasteiger partial charge in [-0.3, -0.25) is 0 Å². The summed E-state index contributed by atoms with van der Waals surface area (Å²) in [6, 6.07) is 1.76. The molecule has 0 spiro atoms. The number of aromatic nitrogens is 1. The largest absolute Gasteiger partial charge is 0.478 e. The molecule has 1 aromatic rings. The average molecular weight is 278 g/mol. The minimum atomic E-state index is -0.932. The number of carboxylic acids is 1. The number of aliphatic hydroxyl groups is 1. The summed E-state index contributed by atoms with van der Waals surface area (Å²) >= 11 is 0. The highest BCUT2D eigenvalue weighted by Crippen LogP contribution is 2.25. The molecule has 1 unspecified atom stereocenters. The molecule has 1 aliphatic rings. The van der Waals surface area contributed by atoms with Crippen LogP contribution in [0.3, 0.4) is 0 Å². The van der Waals surface area contributed by atoms with Gasteiger partial charge in [-0.1, -0.05) is 6.92 Å². The number of carbonyl (C=O) groups is 1. The molecule has 1 aliphatic carbocycles. The lowest BCUT2D eigenvalue weighted by Gasteiger charge is -2.12. The molecule has 0 aliphatic heterocycles. The van der Waals surface area contributed by atoms with E-state index >= 15 is 0 Å². The third-order valence-electron chi connectivity index (χ3n) is 3.76. The fourth-order valence-corrected chi connectivity index (χ4v) is 2.52. The van der Waals surface area contributed by atoms with Crippen LogP contribution in [0.15, 0.2) is 6.07 Å². The van der Waals surface area contributed by atoms with Crippen molar-refractivity contribution in [2.45, 2.75) is 39.0 Å². The van der Waals surface area contributed by atoms with Gasteiger partial charge in [0.15, 0.2) is 0 Å². The maximum atomic E-state index is 11.3. The van der Waals surface area contributed by atoms with Crippen LogP contribution in [-0.2, 0) is 12.8 Å². The molecule has 5 nitrogen and oxygen atoms in total. The summed E-state index contributed by atoms with van der Waals surface area (Å²) in [6.07, 6.45) is 4.72. The van der Waals surface area contributed by atoms with E-state index in [-0.39, 0.29) is 18.1 Å². The zero-order chi connectivity index (χ0) is 14.5. The smallest absolute Gasteiger partial charge is 0.339 e. The number of nitrogens with one attached hydrogen (secondary N) is 1. The van der Waals surface area contributed by atoms with Gasteiger partial charge in [-0.25, -0.2) is 9.78 Å². The Kier molecular flexibility index (Phi) is 4.95. The van der Waals surface area contributed by atoms with Crippen molar-refractivity contribution < 1.29 is 15.0 Å². The van der Waals surface area contributed by atoms with E-state index < -0.39 is 5.97 Å². The third kappa shape index (κ3) is 3.48. The van der Waals surface area contributed by atoms with Gasteiger partial charge in [0.1, 0.15) is 11.4 Å². The highest BCUT2D eigenvalue weighted by Gasteiger charge is 2.19. The number of nitrogens with zero attached hydrogens (tertiary/aromatic N) is 1. The first-order valence-electron chi connectivity index (χ1n) is 7.22. The lowest BCUT2D eigenvalue weighted by atomic mass is 10.1. The number of fused-ring (bicyclic) bond motifs is 1. The lowest BCUT2D eigenvalue weighted by Crippen LogP contribution is -2.12. The number of hydrogen-bond donors (Lipinski definition) is 3. The average Bonchev–Trinajstić information content (AvgIpc) is 2.89. The van der Waals surface area contributed by atoms with Gasteiger partial charge in [0.25, 0.3) is 0 Å². The predicted octanol–water partition coefficient (Wildman–Crippen LogP) is 2.09. The van der Waals surface area contributed by atoms with Crippen molar-refractivity contribution in [3.05, 3.63) is 22.9 Å². The summed E-state index contributed by atoms with van der Waals surface area (Å²) in [4.78, 5) is 15.8. The van der Waals surface area contributed by atoms with Gasteiger partial charge < -0.3 is 15.5 Å². The van der Waals surface area contributed by atoms with Crippen LogP contribution >= 0.6 is 0 Å². The van der Waals surface area contributed by atoms with Gasteiger partial charge in [-0.05, 0) is 49.7 Å². The van der Waals surface area contributed by atoms with E-state index in [0.29, 0.717) is 12.4 Å². The molecule has 20 heavy (non-hydrogen) atoms. The fourth-order valence-electron chi connectivity index (χ4n) is 2.52. The Balaban J connectivity index is 2.01. The van der Waals surface area contributed by atoms with Gasteiger partial charge in [0.2, 0.25) is 0 Å². The number of pyridine rings is 1. The standard InChI is InChI=1S/C15H22N2O3/c1-10(9-18)4-3-7-16-14-12(15(19)20)8-11-5-2-6-13(11)17-14/h8,10,18H,2-7,9H2,1H3,(H,16,17)(H,19,20). The molecule has 110 valence electrons. The number of aryl methyl sites for hydroxylation is 2. The van der Waals surface area contributed by atoms with Gasteiger partial charge in [-0.15, -0.1) is 0 Å². The first-order chi connectivity index (χ1) is 9.61. The van der Waals surface area contributed by atoms with Gasteiger partial charge in [-0.2, -0.15) is 0 Å². The minimum Gasteiger partial charge on any atom is -0.478 e. The molecule has 1 atom stereocenters. The highest BCUT2D eigenvalue weighted by molar-refractivity contribution is 5.93. The molecule has 0 amide bonds. The molecule has 0 radical (unpaired) electrons. The predicted molar refractivity (Wildman–Crippen MR) is 77.2 cm³/mol. The van der Waals surface area contributed by atoms with Crippen molar-refractivity contribution in [3.63, 3.8) is 0 Å². The molecular formula is C15H22N2O3. The molecule has 0 saturated carbocycles. The molecule has 0 aromatic carbocycles. The Morgan fingerprint density at radius 2 is 2.30 bits per heavy atom. The monoisotopic (exact) mass is 278 g/mol. The van der Waals surface area contributed by atoms with E-state index in [4.69, 9.17) is 5.11 Å². The highest BCUT2D eigenvalue weighted by atomic mass is 16.4. The van der Waals surface area contributed by atoms with E-state index in [1.807, 2.05) is 6.92 Å². The molecule has 5 heteroatoms. The van der Waals surface area contributed by atoms with Crippen molar-refractivity contribution >= 4 is 11.8 Å². The Morgan fingerprint density at radius 1 is 1.50 bits per heavy atom. The van der Waals surface area contributed by atoms with Crippen LogP contribution in [0.4, 0.5) is 5.82 Å². The van der Waals surface area contributed by atoms with Crippen molar-refractivity contribution in [2.75, 3.05) is 18.5 Å². The molecule has 1 aromatic heterocycles. The normalized spacial score (nSPS) is 14.9. The van der Waals surface area contributed by atoms with Crippen LogP contribution in [0.25, 0.3) is 0 Å². The van der Waals surface area contributed by atoms with Crippen LogP contribution in [0.5, 0.6) is 0 Å². The van der Waals surface area contributed by atoms with Gasteiger partial charge >= 0.3 is 5.97 Å². The van der Waals surface area contributed by atoms with Gasteiger partial charge in [0, 0.05) is 18.8 Å². The first kappa shape index (κ1) is 14.8. The molecule has 0 bridgehead atoms. The maximum absolute atomic E-state index is 11.3. The second-order valence-electron chi connectivity index (χ2n) is 5.51. The van der Waals surface area contributed by atoms with E-state index in [0.717, 1.165) is 43.4 Å². The second-order valence-corrected chi connectivity index (χ2v) is 5.51. The summed E-state index contributed by atoms with van der Waals surface area (Å²) < 4.78 is 0. The summed E-state index contributed by atoms with van der Waals surface area (Å²) in [5.74, 6) is -0.169. The molecule has 1 heterocycles. The van der Waals surface area contributed by atoms with Crippen molar-refractivity contribution in [1.82, 2.24) is 4.98 Å². The Morgan fingerprint density at radius 3 is 3.00 bits per heavy atom. The molecule has 2 rings (SSSR count). The summed E-state index contributed by atoms with van der Waals surface area (Å²) in [7, 11) is 0. The fraction of sp³-hybridized carbons (Fsp3) is 0.600. The Labute approximate surface area is 119 Å². The number of rotatable bonds is 7. The van der Waals surface area contributed by atoms with E-state index in [9.17, 15) is 9.90 Å². The lowest BCUT2D eigenvalue weighted by molar-refractivity contribution is 0.0697. The second kappa shape index (κ2) is 6.70. The van der Waals surface area contributed by atoms with Crippen molar-refractivity contribution in [1.29, 1.82) is 0 Å². The van der Waals surface area contributed by atoms with Crippen LogP contribution in [-0.4, -0.2) is 34.3 Å². The topological polar surface area (TPSA) is 82.5 Å². The number of anilines is 1. The summed E-state index contributed by atoms with van der Waals surface area (Å²) in [5.41, 5.74) is 2.36. The number of aliphatic hydroxyl groups excluding tert-OH is 1. The quantitative estimate of drug-likeness (QED) is 0.665. The van der Waals surface area contributed by atoms with Crippen LogP contribution in [0.2, 0.25) is 0 Å². The van der Waals surface area contributed by atoms with Crippen molar-refractivity contribution in [2.24, 2.45) is 5.92 Å². The van der Waals surface area contributed by atoms with Gasteiger partial charge in [0.05, 0.1) is 0 Å². The Hall–Kier alpha value is -1.62. The first-order valence-corrected chi connectivity index (χ1v) is 7.22. The minimum absolute atomic E-state index is 0.192. The SMILES string of the molecule is CC(CO)CCCNc1nc2c(cc1C(=O)O)CCC2. The summed E-state index contributed by atoms with van der Waals surface area (Å²) in [5, 5.41) is 21.4. The maximum Gasteiger partial charge on any atom is 0.339 e. The zero-order valence-corrected chi connectivity index (χ0v) is 11.9. The molecule has 3 N–H and O–H groups in total. The number of hydrogen-bond acceptors (Lipinski definition) is 4. The van der Waals surface area contributed by atoms with E-state index in [1.54, 1.807) is 6.07 Å². The van der Waals surface area contributed by atoms with Crippen LogP contribution < -0.4 is 5.32 Å². The number of aromatic carboxylic acids is 1.